The molecule has 4 rings (SSSR count). The molecule has 148 valence electrons. The number of allylic oxidation sites excluding steroid dienone is 1. The van der Waals surface area contributed by atoms with E-state index in [2.05, 4.69) is 39.9 Å². The summed E-state index contributed by atoms with van der Waals surface area (Å²) < 4.78 is 6.40. The van der Waals surface area contributed by atoms with Gasteiger partial charge in [0.15, 0.2) is 9.04 Å². The second-order valence-corrected chi connectivity index (χ2v) is 13.1. The molecular formula is C23H40O2Si. The predicted molar refractivity (Wildman–Crippen MR) is 111 cm³/mol. The van der Waals surface area contributed by atoms with E-state index in [4.69, 9.17) is 4.43 Å². The van der Waals surface area contributed by atoms with Crippen LogP contribution in [0.15, 0.2) is 11.6 Å². The molecule has 8 atom stereocenters. The average Bonchev–Trinajstić information content (AvgIpc) is 2.92. The van der Waals surface area contributed by atoms with Crippen LogP contribution in [0.25, 0.3) is 0 Å². The molecule has 0 amide bonds. The predicted octanol–water partition coefficient (Wildman–Crippen LogP) is 5.31. The zero-order valence-electron chi connectivity index (χ0n) is 17.6. The lowest BCUT2D eigenvalue weighted by Gasteiger charge is -2.58. The summed E-state index contributed by atoms with van der Waals surface area (Å²) in [5, 5.41) is 10.2. The first-order valence-electron chi connectivity index (χ1n) is 11.3. The quantitative estimate of drug-likeness (QED) is 0.534. The first-order valence-corrected chi connectivity index (χ1v) is 14.1. The topological polar surface area (TPSA) is 29.5 Å². The van der Waals surface area contributed by atoms with Gasteiger partial charge in [-0.25, -0.2) is 0 Å². The fourth-order valence-corrected chi connectivity index (χ4v) is 9.03. The van der Waals surface area contributed by atoms with Gasteiger partial charge in [0.2, 0.25) is 0 Å². The van der Waals surface area contributed by atoms with Crippen molar-refractivity contribution in [3.8, 4) is 0 Å². The van der Waals surface area contributed by atoms with Gasteiger partial charge in [-0.15, -0.1) is 0 Å². The number of aliphatic hydroxyl groups excluding tert-OH is 1. The highest BCUT2D eigenvalue weighted by molar-refractivity contribution is 6.48. The van der Waals surface area contributed by atoms with Crippen molar-refractivity contribution in [2.45, 2.75) is 97.4 Å². The number of fused-ring (bicyclic) bond motifs is 5. The second kappa shape index (κ2) is 6.74. The van der Waals surface area contributed by atoms with Crippen LogP contribution in [0.2, 0.25) is 13.1 Å². The molecule has 0 spiro atoms. The number of aliphatic hydroxyl groups is 1. The van der Waals surface area contributed by atoms with Crippen molar-refractivity contribution >= 4 is 9.04 Å². The van der Waals surface area contributed by atoms with E-state index in [9.17, 15) is 5.11 Å². The number of rotatable bonds is 3. The largest absolute Gasteiger partial charge is 0.418 e. The van der Waals surface area contributed by atoms with E-state index in [0.29, 0.717) is 16.9 Å². The van der Waals surface area contributed by atoms with Crippen molar-refractivity contribution in [3.05, 3.63) is 11.6 Å². The minimum atomic E-state index is -0.966. The highest BCUT2D eigenvalue weighted by atomic mass is 28.3. The van der Waals surface area contributed by atoms with Crippen molar-refractivity contribution in [1.29, 1.82) is 0 Å². The molecule has 0 aliphatic heterocycles. The van der Waals surface area contributed by atoms with Crippen molar-refractivity contribution in [1.82, 2.24) is 0 Å². The van der Waals surface area contributed by atoms with E-state index >= 15 is 0 Å². The van der Waals surface area contributed by atoms with Gasteiger partial charge >= 0.3 is 0 Å². The summed E-state index contributed by atoms with van der Waals surface area (Å²) in [4.78, 5) is 0. The first kappa shape index (κ1) is 19.2. The van der Waals surface area contributed by atoms with Gasteiger partial charge in [0.1, 0.15) is 0 Å². The highest BCUT2D eigenvalue weighted by Crippen LogP contribution is 2.66. The molecule has 0 saturated heterocycles. The van der Waals surface area contributed by atoms with Crippen LogP contribution in [-0.2, 0) is 4.43 Å². The van der Waals surface area contributed by atoms with Crippen LogP contribution < -0.4 is 0 Å². The normalized spacial score (nSPS) is 49.2. The van der Waals surface area contributed by atoms with Crippen LogP contribution in [0.1, 0.15) is 72.1 Å². The van der Waals surface area contributed by atoms with Gasteiger partial charge in [-0.1, -0.05) is 25.5 Å². The molecule has 0 aromatic rings. The molecule has 4 aliphatic rings. The molecule has 0 radical (unpaired) electrons. The summed E-state index contributed by atoms with van der Waals surface area (Å²) in [6.45, 7) is 12.1. The van der Waals surface area contributed by atoms with Crippen molar-refractivity contribution in [2.75, 3.05) is 0 Å². The van der Waals surface area contributed by atoms with E-state index in [0.717, 1.165) is 36.5 Å². The molecule has 0 bridgehead atoms. The second-order valence-electron chi connectivity index (χ2n) is 10.8. The third-order valence-electron chi connectivity index (χ3n) is 9.20. The van der Waals surface area contributed by atoms with Gasteiger partial charge in [0, 0.05) is 6.10 Å². The van der Waals surface area contributed by atoms with Gasteiger partial charge < -0.3 is 9.53 Å². The fraction of sp³-hybridized carbons (Fsp3) is 0.913. The Morgan fingerprint density at radius 3 is 2.62 bits per heavy atom. The maximum Gasteiger partial charge on any atom is 0.171 e. The maximum absolute atomic E-state index is 10.2. The zero-order valence-corrected chi connectivity index (χ0v) is 18.8. The van der Waals surface area contributed by atoms with Gasteiger partial charge in [-0.3, -0.25) is 0 Å². The number of hydrogen-bond acceptors (Lipinski definition) is 2. The third-order valence-corrected chi connectivity index (χ3v) is 10.2. The Hall–Kier alpha value is -0.123. The van der Waals surface area contributed by atoms with E-state index in [1.807, 2.05) is 0 Å². The lowest BCUT2D eigenvalue weighted by Crippen LogP contribution is -2.51. The zero-order chi connectivity index (χ0) is 18.7. The van der Waals surface area contributed by atoms with E-state index in [-0.39, 0.29) is 6.10 Å². The first-order chi connectivity index (χ1) is 12.3. The Labute approximate surface area is 162 Å². The standard InChI is InChI=1S/C23H40O2Si/c1-15(25-26(4)5)19-8-9-20-18-7-6-16-14-17(24)10-12-22(16,2)21(18)11-13-23(19,20)3/h6,15,17-21,24,26H,7-14H2,1-5H3/t15-,17+,18+,19-,20+,21+,22+,23-/m1/s1. The monoisotopic (exact) mass is 376 g/mol. The summed E-state index contributed by atoms with van der Waals surface area (Å²) >= 11 is 0. The molecule has 0 unspecified atom stereocenters. The Bertz CT molecular complexity index is 573. The summed E-state index contributed by atoms with van der Waals surface area (Å²) in [6, 6.07) is 0. The van der Waals surface area contributed by atoms with Gasteiger partial charge in [-0.2, -0.15) is 0 Å². The smallest absolute Gasteiger partial charge is 0.171 e. The molecular weight excluding hydrogens is 336 g/mol. The molecule has 1 N–H and O–H groups in total. The molecule has 0 heterocycles. The summed E-state index contributed by atoms with van der Waals surface area (Å²) in [5.41, 5.74) is 2.45. The lowest BCUT2D eigenvalue weighted by atomic mass is 9.47. The Balaban J connectivity index is 1.58. The van der Waals surface area contributed by atoms with Crippen LogP contribution in [0, 0.1) is 34.5 Å². The van der Waals surface area contributed by atoms with Crippen molar-refractivity contribution < 1.29 is 9.53 Å². The Morgan fingerprint density at radius 2 is 1.88 bits per heavy atom. The van der Waals surface area contributed by atoms with E-state index in [1.54, 1.807) is 5.57 Å². The van der Waals surface area contributed by atoms with Crippen LogP contribution >= 0.6 is 0 Å². The van der Waals surface area contributed by atoms with E-state index in [1.165, 1.54) is 38.5 Å². The van der Waals surface area contributed by atoms with Gasteiger partial charge in [0.05, 0.1) is 6.10 Å². The highest BCUT2D eigenvalue weighted by Gasteiger charge is 2.59. The number of hydrogen-bond donors (Lipinski definition) is 1. The van der Waals surface area contributed by atoms with Crippen molar-refractivity contribution in [3.63, 3.8) is 0 Å². The molecule has 3 heteroatoms. The maximum atomic E-state index is 10.2. The minimum Gasteiger partial charge on any atom is -0.418 e. The molecule has 2 nitrogen and oxygen atoms in total. The molecule has 3 saturated carbocycles. The molecule has 0 aromatic heterocycles. The van der Waals surface area contributed by atoms with Crippen molar-refractivity contribution in [2.24, 2.45) is 34.5 Å². The van der Waals surface area contributed by atoms with Crippen LogP contribution in [0.5, 0.6) is 0 Å². The average molecular weight is 377 g/mol. The summed E-state index contributed by atoms with van der Waals surface area (Å²) in [5.74, 6) is 3.36. The lowest BCUT2D eigenvalue weighted by molar-refractivity contribution is -0.0646. The van der Waals surface area contributed by atoms with Gasteiger partial charge in [0.25, 0.3) is 0 Å². The molecule has 3 fully saturated rings. The van der Waals surface area contributed by atoms with Crippen LogP contribution in [-0.4, -0.2) is 26.4 Å². The molecule has 26 heavy (non-hydrogen) atoms. The molecule has 0 aromatic carbocycles. The van der Waals surface area contributed by atoms with Crippen LogP contribution in [0.4, 0.5) is 0 Å². The van der Waals surface area contributed by atoms with E-state index < -0.39 is 9.04 Å². The minimum absolute atomic E-state index is 0.0891. The Kier molecular flexibility index (Phi) is 4.98. The van der Waals surface area contributed by atoms with Gasteiger partial charge in [-0.05, 0) is 106 Å². The fourth-order valence-electron chi connectivity index (χ4n) is 7.98. The third kappa shape index (κ3) is 2.88. The summed E-state index contributed by atoms with van der Waals surface area (Å²) in [6.07, 6.45) is 12.9. The SMILES string of the molecule is C[C@@H](O[SiH](C)C)[C@H]1CC[C@H]2[C@@H]3CC=C4C[C@@H](O)CC[C@]4(C)[C@H]3CC[C@]12C. The van der Waals surface area contributed by atoms with Crippen LogP contribution in [0.3, 0.4) is 0 Å². The Morgan fingerprint density at radius 1 is 1.12 bits per heavy atom. The molecule has 4 aliphatic carbocycles. The summed E-state index contributed by atoms with van der Waals surface area (Å²) in [7, 11) is -0.966.